The fourth-order valence-corrected chi connectivity index (χ4v) is 1.77. The minimum absolute atomic E-state index is 0.116. The highest BCUT2D eigenvalue weighted by atomic mass is 16.5. The molecule has 1 aromatic rings. The first kappa shape index (κ1) is 15.5. The highest BCUT2D eigenvalue weighted by Crippen LogP contribution is 2.04. The fraction of sp³-hybridized carbons (Fsp3) is 0.769. The lowest BCUT2D eigenvalue weighted by molar-refractivity contribution is -0.144. The monoisotopic (exact) mass is 269 g/mol. The summed E-state index contributed by atoms with van der Waals surface area (Å²) in [5.41, 5.74) is -0.309. The van der Waals surface area contributed by atoms with E-state index < -0.39 is 5.97 Å². The summed E-state index contributed by atoms with van der Waals surface area (Å²) < 4.78 is 7.49. The summed E-state index contributed by atoms with van der Waals surface area (Å²) in [6, 6.07) is 0. The molecule has 0 N–H and O–H groups in total. The minimum atomic E-state index is -0.408. The van der Waals surface area contributed by atoms with Crippen molar-refractivity contribution in [1.82, 2.24) is 14.3 Å². The Morgan fingerprint density at radius 1 is 1.26 bits per heavy atom. The largest absolute Gasteiger partial charge is 0.464 e. The zero-order valence-corrected chi connectivity index (χ0v) is 11.8. The molecule has 0 amide bonds. The topological polar surface area (TPSA) is 66.1 Å². The normalized spacial score (nSPS) is 10.6. The van der Waals surface area contributed by atoms with Gasteiger partial charge in [-0.15, -0.1) is 0 Å². The predicted molar refractivity (Wildman–Crippen MR) is 71.8 cm³/mol. The number of aromatic nitrogens is 3. The maximum atomic E-state index is 11.5. The van der Waals surface area contributed by atoms with Crippen LogP contribution in [-0.4, -0.2) is 26.9 Å². The molecule has 108 valence electrons. The number of carbonyl (C=O) groups is 1. The van der Waals surface area contributed by atoms with E-state index in [0.717, 1.165) is 17.5 Å². The van der Waals surface area contributed by atoms with E-state index in [0.29, 0.717) is 6.61 Å². The number of aryl methyl sites for hydroxylation is 1. The molecule has 6 heteroatoms. The molecular weight excluding hydrogens is 246 g/mol. The second kappa shape index (κ2) is 8.50. The number of ether oxygens (including phenoxy) is 1. The molecule has 1 heterocycles. The molecule has 0 fully saturated rings. The Labute approximate surface area is 113 Å². The SMILES string of the molecule is CCCCCCCCOC(=O)Cn1ncn(C)c1=O. The molecule has 0 atom stereocenters. The number of esters is 1. The molecule has 0 saturated heterocycles. The third-order valence-electron chi connectivity index (χ3n) is 2.93. The first-order chi connectivity index (χ1) is 9.15. The summed E-state index contributed by atoms with van der Waals surface area (Å²) in [5, 5.41) is 3.80. The molecule has 0 aromatic carbocycles. The van der Waals surface area contributed by atoms with Crippen LogP contribution in [0.3, 0.4) is 0 Å². The van der Waals surface area contributed by atoms with E-state index in [4.69, 9.17) is 4.74 Å². The molecular formula is C13H23N3O3. The lowest BCUT2D eigenvalue weighted by Crippen LogP contribution is -2.27. The molecule has 0 spiro atoms. The Balaban J connectivity index is 2.12. The van der Waals surface area contributed by atoms with Crippen molar-refractivity contribution in [3.63, 3.8) is 0 Å². The van der Waals surface area contributed by atoms with Crippen molar-refractivity contribution in [3.05, 3.63) is 16.8 Å². The number of hydrogen-bond donors (Lipinski definition) is 0. The van der Waals surface area contributed by atoms with Gasteiger partial charge in [-0.25, -0.2) is 9.48 Å². The van der Waals surface area contributed by atoms with Crippen LogP contribution in [0.25, 0.3) is 0 Å². The molecule has 0 saturated carbocycles. The van der Waals surface area contributed by atoms with Crippen LogP contribution in [-0.2, 0) is 23.1 Å². The molecule has 19 heavy (non-hydrogen) atoms. The lowest BCUT2D eigenvalue weighted by Gasteiger charge is -2.04. The van der Waals surface area contributed by atoms with Gasteiger partial charge in [-0.2, -0.15) is 5.10 Å². The van der Waals surface area contributed by atoms with Crippen LogP contribution in [0, 0.1) is 0 Å². The Hall–Kier alpha value is -1.59. The summed E-state index contributed by atoms with van der Waals surface area (Å²) in [7, 11) is 1.59. The van der Waals surface area contributed by atoms with E-state index in [-0.39, 0.29) is 12.2 Å². The molecule has 0 aliphatic rings. The fourth-order valence-electron chi connectivity index (χ4n) is 1.77. The Kier molecular flexibility index (Phi) is 6.92. The average molecular weight is 269 g/mol. The number of rotatable bonds is 9. The van der Waals surface area contributed by atoms with Crippen molar-refractivity contribution in [2.24, 2.45) is 7.05 Å². The number of hydrogen-bond acceptors (Lipinski definition) is 4. The van der Waals surface area contributed by atoms with E-state index in [1.807, 2.05) is 0 Å². The zero-order chi connectivity index (χ0) is 14.1. The van der Waals surface area contributed by atoms with Crippen LogP contribution in [0.5, 0.6) is 0 Å². The van der Waals surface area contributed by atoms with Crippen molar-refractivity contribution >= 4 is 5.97 Å². The highest BCUT2D eigenvalue weighted by molar-refractivity contribution is 5.68. The third kappa shape index (κ3) is 5.72. The van der Waals surface area contributed by atoms with Gasteiger partial charge >= 0.3 is 11.7 Å². The van der Waals surface area contributed by atoms with Gasteiger partial charge in [-0.3, -0.25) is 9.36 Å². The highest BCUT2D eigenvalue weighted by Gasteiger charge is 2.08. The van der Waals surface area contributed by atoms with E-state index >= 15 is 0 Å². The van der Waals surface area contributed by atoms with Crippen molar-refractivity contribution in [2.75, 3.05) is 6.61 Å². The van der Waals surface area contributed by atoms with Gasteiger partial charge in [-0.05, 0) is 6.42 Å². The van der Waals surface area contributed by atoms with Gasteiger partial charge in [0.2, 0.25) is 0 Å². The lowest BCUT2D eigenvalue weighted by atomic mass is 10.1. The van der Waals surface area contributed by atoms with Gasteiger partial charge in [0.25, 0.3) is 0 Å². The maximum Gasteiger partial charge on any atom is 0.345 e. The smallest absolute Gasteiger partial charge is 0.345 e. The van der Waals surface area contributed by atoms with E-state index in [2.05, 4.69) is 12.0 Å². The van der Waals surface area contributed by atoms with Crippen LogP contribution in [0.4, 0.5) is 0 Å². The Morgan fingerprint density at radius 2 is 1.95 bits per heavy atom. The molecule has 0 aliphatic heterocycles. The van der Waals surface area contributed by atoms with Crippen molar-refractivity contribution in [3.8, 4) is 0 Å². The minimum Gasteiger partial charge on any atom is -0.464 e. The van der Waals surface area contributed by atoms with Gasteiger partial charge in [0, 0.05) is 7.05 Å². The van der Waals surface area contributed by atoms with Gasteiger partial charge in [0.05, 0.1) is 6.61 Å². The second-order valence-electron chi connectivity index (χ2n) is 4.67. The van der Waals surface area contributed by atoms with Gasteiger partial charge < -0.3 is 4.74 Å². The quantitative estimate of drug-likeness (QED) is 0.503. The number of nitrogens with zero attached hydrogens (tertiary/aromatic N) is 3. The summed E-state index contributed by atoms with van der Waals surface area (Å²) >= 11 is 0. The second-order valence-corrected chi connectivity index (χ2v) is 4.67. The van der Waals surface area contributed by atoms with E-state index in [1.165, 1.54) is 36.6 Å². The predicted octanol–water partition coefficient (Wildman–Crippen LogP) is 1.49. The molecule has 0 unspecified atom stereocenters. The van der Waals surface area contributed by atoms with E-state index in [1.54, 1.807) is 7.05 Å². The summed E-state index contributed by atoms with van der Waals surface area (Å²) in [5.74, 6) is -0.408. The van der Waals surface area contributed by atoms with E-state index in [9.17, 15) is 9.59 Å². The molecule has 1 rings (SSSR count). The first-order valence-corrected chi connectivity index (χ1v) is 6.89. The summed E-state index contributed by atoms with van der Waals surface area (Å²) in [6.45, 7) is 2.49. The average Bonchev–Trinajstić information content (AvgIpc) is 2.70. The molecule has 0 bridgehead atoms. The maximum absolute atomic E-state index is 11.5. The van der Waals surface area contributed by atoms with Crippen LogP contribution in [0.2, 0.25) is 0 Å². The summed E-state index contributed by atoms with van der Waals surface area (Å²) in [6.07, 6.45) is 8.27. The van der Waals surface area contributed by atoms with Gasteiger partial charge in [0.1, 0.15) is 12.9 Å². The van der Waals surface area contributed by atoms with Gasteiger partial charge in [0.15, 0.2) is 0 Å². The van der Waals surface area contributed by atoms with Crippen LogP contribution in [0.1, 0.15) is 45.4 Å². The van der Waals surface area contributed by atoms with Crippen LogP contribution < -0.4 is 5.69 Å². The number of carbonyl (C=O) groups excluding carboxylic acids is 1. The molecule has 1 aromatic heterocycles. The van der Waals surface area contributed by atoms with Crippen molar-refractivity contribution in [1.29, 1.82) is 0 Å². The number of unbranched alkanes of at least 4 members (excludes halogenated alkanes) is 5. The van der Waals surface area contributed by atoms with Crippen LogP contribution in [0.15, 0.2) is 11.1 Å². The van der Waals surface area contributed by atoms with Gasteiger partial charge in [-0.1, -0.05) is 39.0 Å². The Bertz CT molecular complexity index is 437. The van der Waals surface area contributed by atoms with Crippen molar-refractivity contribution in [2.45, 2.75) is 52.0 Å². The molecule has 0 aliphatic carbocycles. The van der Waals surface area contributed by atoms with Crippen LogP contribution >= 0.6 is 0 Å². The summed E-state index contributed by atoms with van der Waals surface area (Å²) in [4.78, 5) is 22.9. The zero-order valence-electron chi connectivity index (χ0n) is 11.8. The molecule has 0 radical (unpaired) electrons. The van der Waals surface area contributed by atoms with Crippen molar-refractivity contribution < 1.29 is 9.53 Å². The first-order valence-electron chi connectivity index (χ1n) is 6.89. The standard InChI is InChI=1S/C13H23N3O3/c1-3-4-5-6-7-8-9-19-12(17)10-16-13(18)15(2)11-14-16/h11H,3-10H2,1-2H3. The Morgan fingerprint density at radius 3 is 2.58 bits per heavy atom. The third-order valence-corrected chi connectivity index (χ3v) is 2.93. The molecule has 6 nitrogen and oxygen atoms in total.